The molecular weight excluding hydrogens is 327 g/mol. The Balaban J connectivity index is 1.64. The van der Waals surface area contributed by atoms with Gasteiger partial charge in [0.2, 0.25) is 0 Å². The van der Waals surface area contributed by atoms with Gasteiger partial charge in [-0.3, -0.25) is 9.59 Å². The minimum Gasteiger partial charge on any atom is -0.481 e. The van der Waals surface area contributed by atoms with Gasteiger partial charge in [-0.2, -0.15) is 0 Å². The summed E-state index contributed by atoms with van der Waals surface area (Å²) in [6, 6.07) is 4.23. The highest BCUT2D eigenvalue weighted by Gasteiger charge is 2.27. The third kappa shape index (κ3) is 3.84. The molecule has 7 nitrogen and oxygen atoms in total. The minimum atomic E-state index is -0.776. The number of aromatic nitrogens is 3. The molecule has 1 aromatic heterocycles. The zero-order chi connectivity index (χ0) is 18.0. The van der Waals surface area contributed by atoms with Crippen LogP contribution in [0.25, 0.3) is 5.69 Å². The van der Waals surface area contributed by atoms with Gasteiger partial charge in [0.05, 0.1) is 17.8 Å². The van der Waals surface area contributed by atoms with E-state index in [-0.39, 0.29) is 29.4 Å². The number of hydrogen-bond donors (Lipinski definition) is 2. The van der Waals surface area contributed by atoms with Gasteiger partial charge >= 0.3 is 5.97 Å². The predicted octanol–water partition coefficient (Wildman–Crippen LogP) is 2.09. The van der Waals surface area contributed by atoms with Gasteiger partial charge in [-0.1, -0.05) is 5.21 Å². The van der Waals surface area contributed by atoms with Crippen molar-refractivity contribution >= 4 is 11.9 Å². The quantitative estimate of drug-likeness (QED) is 0.883. The minimum absolute atomic E-state index is 0.0548. The van der Waals surface area contributed by atoms with E-state index in [9.17, 15) is 14.0 Å². The number of hydrogen-bond acceptors (Lipinski definition) is 4. The zero-order valence-electron chi connectivity index (χ0n) is 13.8. The number of nitrogens with one attached hydrogen (secondary N) is 1. The molecule has 1 aliphatic rings. The van der Waals surface area contributed by atoms with E-state index in [1.165, 1.54) is 23.0 Å². The van der Waals surface area contributed by atoms with Gasteiger partial charge in [-0.15, -0.1) is 5.10 Å². The highest BCUT2D eigenvalue weighted by atomic mass is 19.1. The highest BCUT2D eigenvalue weighted by molar-refractivity contribution is 5.92. The molecule has 2 aromatic rings. The predicted molar refractivity (Wildman–Crippen MR) is 86.9 cm³/mol. The molecule has 1 aromatic carbocycles. The fourth-order valence-electron chi connectivity index (χ4n) is 3.11. The molecule has 0 bridgehead atoms. The van der Waals surface area contributed by atoms with Crippen LogP contribution in [0.4, 0.5) is 4.39 Å². The van der Waals surface area contributed by atoms with Crippen LogP contribution in [0.3, 0.4) is 0 Å². The summed E-state index contributed by atoms with van der Waals surface area (Å²) in [6.07, 6.45) is 3.88. The van der Waals surface area contributed by atoms with E-state index in [0.29, 0.717) is 36.9 Å². The molecule has 0 spiro atoms. The Kier molecular flexibility index (Phi) is 4.78. The second-order valence-electron chi connectivity index (χ2n) is 6.34. The number of amides is 1. The summed E-state index contributed by atoms with van der Waals surface area (Å²) < 4.78 is 14.6. The lowest BCUT2D eigenvalue weighted by molar-refractivity contribution is -0.142. The van der Waals surface area contributed by atoms with Gasteiger partial charge in [-0.25, -0.2) is 9.07 Å². The number of nitrogens with zero attached hydrogens (tertiary/aromatic N) is 3. The van der Waals surface area contributed by atoms with Gasteiger partial charge in [0, 0.05) is 6.04 Å². The van der Waals surface area contributed by atoms with Crippen molar-refractivity contribution in [1.29, 1.82) is 0 Å². The number of halogens is 1. The molecule has 0 radical (unpaired) electrons. The van der Waals surface area contributed by atoms with E-state index in [1.54, 1.807) is 13.0 Å². The first kappa shape index (κ1) is 17.1. The summed E-state index contributed by atoms with van der Waals surface area (Å²) in [7, 11) is 0. The molecule has 25 heavy (non-hydrogen) atoms. The third-order valence-electron chi connectivity index (χ3n) is 4.54. The summed E-state index contributed by atoms with van der Waals surface area (Å²) >= 11 is 0. The van der Waals surface area contributed by atoms with Crippen molar-refractivity contribution in [3.8, 4) is 5.69 Å². The number of carbonyl (C=O) groups excluding carboxylic acids is 1. The number of carboxylic acids is 1. The van der Waals surface area contributed by atoms with Gasteiger partial charge in [0.15, 0.2) is 5.69 Å². The Labute approximate surface area is 143 Å². The average molecular weight is 346 g/mol. The second-order valence-corrected chi connectivity index (χ2v) is 6.34. The first-order valence-electron chi connectivity index (χ1n) is 8.16. The SMILES string of the molecule is Cc1cc(F)ccc1-n1cc(C(=O)NC2CCC(C(=O)O)CC2)nn1. The lowest BCUT2D eigenvalue weighted by atomic mass is 9.86. The van der Waals surface area contributed by atoms with E-state index in [1.807, 2.05) is 0 Å². The Morgan fingerprint density at radius 1 is 1.28 bits per heavy atom. The molecule has 0 atom stereocenters. The zero-order valence-corrected chi connectivity index (χ0v) is 13.8. The highest BCUT2D eigenvalue weighted by Crippen LogP contribution is 2.24. The van der Waals surface area contributed by atoms with Crippen LogP contribution >= 0.6 is 0 Å². The van der Waals surface area contributed by atoms with Gasteiger partial charge < -0.3 is 10.4 Å². The number of aliphatic carboxylic acids is 1. The molecule has 0 aliphatic heterocycles. The Morgan fingerprint density at radius 2 is 2.00 bits per heavy atom. The molecule has 1 saturated carbocycles. The molecule has 1 fully saturated rings. The maximum Gasteiger partial charge on any atom is 0.306 e. The maximum absolute atomic E-state index is 13.2. The lowest BCUT2D eigenvalue weighted by Crippen LogP contribution is -2.38. The van der Waals surface area contributed by atoms with Gasteiger partial charge in [0.25, 0.3) is 5.91 Å². The van der Waals surface area contributed by atoms with Crippen LogP contribution in [0.15, 0.2) is 24.4 Å². The fraction of sp³-hybridized carbons (Fsp3) is 0.412. The number of carboxylic acid groups (broad SMARTS) is 1. The number of aryl methyl sites for hydroxylation is 1. The van der Waals surface area contributed by atoms with Crippen molar-refractivity contribution in [1.82, 2.24) is 20.3 Å². The number of benzene rings is 1. The van der Waals surface area contributed by atoms with Gasteiger partial charge in [-0.05, 0) is 56.4 Å². The number of carbonyl (C=O) groups is 2. The molecule has 132 valence electrons. The third-order valence-corrected chi connectivity index (χ3v) is 4.54. The summed E-state index contributed by atoms with van der Waals surface area (Å²) in [5.41, 5.74) is 1.50. The van der Waals surface area contributed by atoms with Crippen molar-refractivity contribution in [2.75, 3.05) is 0 Å². The molecule has 2 N–H and O–H groups in total. The summed E-state index contributed by atoms with van der Waals surface area (Å²) in [4.78, 5) is 23.3. The van der Waals surface area contributed by atoms with Crippen LogP contribution in [0.1, 0.15) is 41.7 Å². The Bertz CT molecular complexity index is 797. The topological polar surface area (TPSA) is 97.1 Å². The first-order valence-corrected chi connectivity index (χ1v) is 8.16. The first-order chi connectivity index (χ1) is 11.9. The molecule has 1 heterocycles. The summed E-state index contributed by atoms with van der Waals surface area (Å²) in [5, 5.41) is 19.7. The molecule has 8 heteroatoms. The van der Waals surface area contributed by atoms with E-state index < -0.39 is 5.97 Å². The van der Waals surface area contributed by atoms with Crippen LogP contribution in [-0.4, -0.2) is 38.0 Å². The Hall–Kier alpha value is -2.77. The maximum atomic E-state index is 13.2. The smallest absolute Gasteiger partial charge is 0.306 e. The molecule has 0 unspecified atom stereocenters. The van der Waals surface area contributed by atoms with E-state index in [2.05, 4.69) is 15.6 Å². The standard InChI is InChI=1S/C17H19FN4O3/c1-10-8-12(18)4-7-15(10)22-9-14(20-21-22)16(23)19-13-5-2-11(3-6-13)17(24)25/h4,7-9,11,13H,2-3,5-6H2,1H3,(H,19,23)(H,24,25). The largest absolute Gasteiger partial charge is 0.481 e. The van der Waals surface area contributed by atoms with Crippen LogP contribution in [0, 0.1) is 18.7 Å². The van der Waals surface area contributed by atoms with Crippen molar-refractivity contribution in [3.05, 3.63) is 41.5 Å². The van der Waals surface area contributed by atoms with E-state index in [0.717, 1.165) is 0 Å². The van der Waals surface area contributed by atoms with Crippen molar-refractivity contribution in [2.24, 2.45) is 5.92 Å². The fourth-order valence-corrected chi connectivity index (χ4v) is 3.11. The lowest BCUT2D eigenvalue weighted by Gasteiger charge is -2.26. The monoisotopic (exact) mass is 346 g/mol. The molecular formula is C17H19FN4O3. The summed E-state index contributed by atoms with van der Waals surface area (Å²) in [5.74, 6) is -1.78. The molecule has 3 rings (SSSR count). The van der Waals surface area contributed by atoms with Crippen LogP contribution in [0.2, 0.25) is 0 Å². The molecule has 0 saturated heterocycles. The van der Waals surface area contributed by atoms with Gasteiger partial charge in [0.1, 0.15) is 5.82 Å². The van der Waals surface area contributed by atoms with Crippen LogP contribution in [-0.2, 0) is 4.79 Å². The van der Waals surface area contributed by atoms with Crippen LogP contribution in [0.5, 0.6) is 0 Å². The van der Waals surface area contributed by atoms with Crippen LogP contribution < -0.4 is 5.32 Å². The average Bonchev–Trinajstić information content (AvgIpc) is 3.05. The summed E-state index contributed by atoms with van der Waals surface area (Å²) in [6.45, 7) is 1.75. The van der Waals surface area contributed by atoms with E-state index in [4.69, 9.17) is 5.11 Å². The number of rotatable bonds is 4. The van der Waals surface area contributed by atoms with Crippen molar-refractivity contribution < 1.29 is 19.1 Å². The van der Waals surface area contributed by atoms with E-state index >= 15 is 0 Å². The van der Waals surface area contributed by atoms with Crippen molar-refractivity contribution in [2.45, 2.75) is 38.6 Å². The Morgan fingerprint density at radius 3 is 2.64 bits per heavy atom. The second kappa shape index (κ2) is 7.00. The molecule has 1 amide bonds. The normalized spacial score (nSPS) is 20.2. The molecule has 1 aliphatic carbocycles. The van der Waals surface area contributed by atoms with Crippen molar-refractivity contribution in [3.63, 3.8) is 0 Å².